The molecule has 0 aliphatic heterocycles. The number of amides is 1. The minimum atomic E-state index is -0.0475. The van der Waals surface area contributed by atoms with Gasteiger partial charge in [0.1, 0.15) is 5.69 Å². The molecule has 5 nitrogen and oxygen atoms in total. The molecule has 0 unspecified atom stereocenters. The molecule has 0 spiro atoms. The number of carbonyl (C=O) groups excluding carboxylic acids is 1. The Kier molecular flexibility index (Phi) is 4.62. The predicted molar refractivity (Wildman–Crippen MR) is 117 cm³/mol. The number of para-hydroxylation sites is 2. The highest BCUT2D eigenvalue weighted by Gasteiger charge is 2.16. The third kappa shape index (κ3) is 3.43. The van der Waals surface area contributed by atoms with Gasteiger partial charge in [0.15, 0.2) is 0 Å². The molecule has 2 aromatic carbocycles. The molecule has 0 saturated heterocycles. The van der Waals surface area contributed by atoms with Crippen molar-refractivity contribution < 1.29 is 4.79 Å². The van der Waals surface area contributed by atoms with E-state index in [0.29, 0.717) is 25.3 Å². The molecule has 29 heavy (non-hydrogen) atoms. The van der Waals surface area contributed by atoms with Crippen LogP contribution in [0.3, 0.4) is 0 Å². The van der Waals surface area contributed by atoms with E-state index in [1.165, 1.54) is 5.56 Å². The lowest BCUT2D eigenvalue weighted by Crippen LogP contribution is -2.29. The molecule has 3 heterocycles. The maximum Gasteiger partial charge on any atom is 0.268 e. The summed E-state index contributed by atoms with van der Waals surface area (Å²) in [5, 5.41) is 5.14. The summed E-state index contributed by atoms with van der Waals surface area (Å²) in [7, 11) is 0. The number of nitrogens with zero attached hydrogens (tertiary/aromatic N) is 3. The Balaban J connectivity index is 1.34. The molecule has 5 aromatic rings. The van der Waals surface area contributed by atoms with Gasteiger partial charge >= 0.3 is 0 Å². The third-order valence-corrected chi connectivity index (χ3v) is 5.96. The van der Waals surface area contributed by atoms with E-state index in [1.807, 2.05) is 54.9 Å². The van der Waals surface area contributed by atoms with Crippen LogP contribution in [-0.2, 0) is 13.1 Å². The molecule has 0 atom stereocenters. The Labute approximate surface area is 172 Å². The smallest absolute Gasteiger partial charge is 0.268 e. The summed E-state index contributed by atoms with van der Waals surface area (Å²) in [6, 6.07) is 22.3. The average Bonchev–Trinajstić information content (AvgIpc) is 3.45. The van der Waals surface area contributed by atoms with Crippen molar-refractivity contribution in [2.24, 2.45) is 0 Å². The molecular formula is C23H20N4OS. The van der Waals surface area contributed by atoms with Crippen molar-refractivity contribution in [3.8, 4) is 0 Å². The molecular weight excluding hydrogens is 380 g/mol. The number of benzene rings is 2. The number of hydrogen-bond donors (Lipinski definition) is 1. The summed E-state index contributed by atoms with van der Waals surface area (Å²) >= 11 is 1.66. The second-order valence-corrected chi connectivity index (χ2v) is 7.90. The van der Waals surface area contributed by atoms with E-state index in [4.69, 9.17) is 0 Å². The van der Waals surface area contributed by atoms with Gasteiger partial charge in [0.2, 0.25) is 0 Å². The van der Waals surface area contributed by atoms with Crippen LogP contribution < -0.4 is 5.32 Å². The largest absolute Gasteiger partial charge is 0.349 e. The van der Waals surface area contributed by atoms with Gasteiger partial charge in [-0.25, -0.2) is 4.98 Å². The van der Waals surface area contributed by atoms with E-state index in [-0.39, 0.29) is 5.91 Å². The number of aromatic nitrogens is 3. The van der Waals surface area contributed by atoms with Crippen molar-refractivity contribution in [3.05, 3.63) is 89.7 Å². The van der Waals surface area contributed by atoms with Crippen LogP contribution in [0.15, 0.2) is 78.4 Å². The second kappa shape index (κ2) is 7.56. The number of rotatable bonds is 6. The normalized spacial score (nSPS) is 11.3. The van der Waals surface area contributed by atoms with Crippen molar-refractivity contribution in [1.29, 1.82) is 0 Å². The molecule has 0 fully saturated rings. The van der Waals surface area contributed by atoms with Crippen molar-refractivity contribution in [2.45, 2.75) is 13.1 Å². The first-order valence-electron chi connectivity index (χ1n) is 9.58. The van der Waals surface area contributed by atoms with Crippen molar-refractivity contribution in [1.82, 2.24) is 19.4 Å². The standard InChI is InChI=1S/C23H20N4OS/c28-23(24-11-12-26-16-25-18-8-4-5-9-19(18)26)21-14-22-20(10-13-29-22)27(21)15-17-6-2-1-3-7-17/h1-10,13-14,16H,11-12,15H2,(H,24,28). The molecule has 5 rings (SSSR count). The molecule has 144 valence electrons. The van der Waals surface area contributed by atoms with E-state index < -0.39 is 0 Å². The highest BCUT2D eigenvalue weighted by Crippen LogP contribution is 2.26. The molecule has 0 saturated carbocycles. The Hall–Kier alpha value is -3.38. The number of hydrogen-bond acceptors (Lipinski definition) is 3. The summed E-state index contributed by atoms with van der Waals surface area (Å²) in [6.45, 7) is 1.90. The van der Waals surface area contributed by atoms with E-state index >= 15 is 0 Å². The number of carbonyl (C=O) groups is 1. The van der Waals surface area contributed by atoms with Crippen LogP contribution in [-0.4, -0.2) is 26.6 Å². The summed E-state index contributed by atoms with van der Waals surface area (Å²) < 4.78 is 5.30. The molecule has 0 aliphatic carbocycles. The predicted octanol–water partition coefficient (Wildman–Crippen LogP) is 4.53. The Bertz CT molecular complexity index is 1280. The minimum Gasteiger partial charge on any atom is -0.349 e. The third-order valence-electron chi connectivity index (χ3n) is 5.10. The van der Waals surface area contributed by atoms with Gasteiger partial charge in [0.05, 0.1) is 27.6 Å². The summed E-state index contributed by atoms with van der Waals surface area (Å²) in [6.07, 6.45) is 1.82. The van der Waals surface area contributed by atoms with E-state index in [0.717, 1.165) is 21.3 Å². The zero-order valence-electron chi connectivity index (χ0n) is 15.8. The van der Waals surface area contributed by atoms with Gasteiger partial charge in [0.25, 0.3) is 5.91 Å². The summed E-state index contributed by atoms with van der Waals surface area (Å²) in [5.74, 6) is -0.0475. The zero-order chi connectivity index (χ0) is 19.6. The first-order chi connectivity index (χ1) is 14.3. The second-order valence-electron chi connectivity index (χ2n) is 6.95. The van der Waals surface area contributed by atoms with Crippen LogP contribution in [0.25, 0.3) is 21.3 Å². The molecule has 6 heteroatoms. The fourth-order valence-electron chi connectivity index (χ4n) is 3.67. The number of imidazole rings is 1. The highest BCUT2D eigenvalue weighted by atomic mass is 32.1. The van der Waals surface area contributed by atoms with Gasteiger partial charge < -0.3 is 14.5 Å². The van der Waals surface area contributed by atoms with Gasteiger partial charge in [-0.3, -0.25) is 4.79 Å². The molecule has 1 N–H and O–H groups in total. The summed E-state index contributed by atoms with van der Waals surface area (Å²) in [4.78, 5) is 17.4. The number of thiophene rings is 1. The lowest BCUT2D eigenvalue weighted by atomic mass is 10.2. The fourth-order valence-corrected chi connectivity index (χ4v) is 4.49. The van der Waals surface area contributed by atoms with Crippen LogP contribution in [0.2, 0.25) is 0 Å². The molecule has 0 aliphatic rings. The number of nitrogens with one attached hydrogen (secondary N) is 1. The van der Waals surface area contributed by atoms with E-state index in [2.05, 4.69) is 43.0 Å². The van der Waals surface area contributed by atoms with Crippen LogP contribution in [0, 0.1) is 0 Å². The minimum absolute atomic E-state index is 0.0475. The van der Waals surface area contributed by atoms with Crippen molar-refractivity contribution in [3.63, 3.8) is 0 Å². The highest BCUT2D eigenvalue weighted by molar-refractivity contribution is 7.17. The van der Waals surface area contributed by atoms with Crippen LogP contribution >= 0.6 is 11.3 Å². The summed E-state index contributed by atoms with van der Waals surface area (Å²) in [5.41, 5.74) is 5.02. The van der Waals surface area contributed by atoms with Gasteiger partial charge in [-0.1, -0.05) is 42.5 Å². The zero-order valence-corrected chi connectivity index (χ0v) is 16.6. The van der Waals surface area contributed by atoms with Gasteiger partial charge in [-0.05, 0) is 35.2 Å². The van der Waals surface area contributed by atoms with Crippen LogP contribution in [0.4, 0.5) is 0 Å². The van der Waals surface area contributed by atoms with Crippen LogP contribution in [0.5, 0.6) is 0 Å². The first kappa shape index (κ1) is 17.7. The molecule has 1 amide bonds. The van der Waals surface area contributed by atoms with Gasteiger partial charge in [0, 0.05) is 19.6 Å². The number of fused-ring (bicyclic) bond motifs is 2. The lowest BCUT2D eigenvalue weighted by molar-refractivity contribution is 0.0944. The Morgan fingerprint density at radius 2 is 1.83 bits per heavy atom. The van der Waals surface area contributed by atoms with Crippen molar-refractivity contribution >= 4 is 38.5 Å². The monoisotopic (exact) mass is 400 g/mol. The molecule has 3 aromatic heterocycles. The quantitative estimate of drug-likeness (QED) is 0.455. The molecule has 0 radical (unpaired) electrons. The van der Waals surface area contributed by atoms with E-state index in [9.17, 15) is 4.79 Å². The van der Waals surface area contributed by atoms with Gasteiger partial charge in [-0.2, -0.15) is 0 Å². The maximum absolute atomic E-state index is 13.0. The first-order valence-corrected chi connectivity index (χ1v) is 10.5. The maximum atomic E-state index is 13.0. The van der Waals surface area contributed by atoms with Crippen LogP contribution in [0.1, 0.15) is 16.1 Å². The Morgan fingerprint density at radius 3 is 2.72 bits per heavy atom. The lowest BCUT2D eigenvalue weighted by Gasteiger charge is -2.11. The molecule has 0 bridgehead atoms. The topological polar surface area (TPSA) is 51.9 Å². The average molecular weight is 401 g/mol. The van der Waals surface area contributed by atoms with E-state index in [1.54, 1.807) is 11.3 Å². The SMILES string of the molecule is O=C(NCCn1cnc2ccccc21)c1cc2sccc2n1Cc1ccccc1. The fraction of sp³-hybridized carbons (Fsp3) is 0.130. The Morgan fingerprint density at radius 1 is 1.00 bits per heavy atom. The van der Waals surface area contributed by atoms with Crippen molar-refractivity contribution in [2.75, 3.05) is 6.54 Å². The van der Waals surface area contributed by atoms with Gasteiger partial charge in [-0.15, -0.1) is 11.3 Å².